The van der Waals surface area contributed by atoms with E-state index in [0.29, 0.717) is 6.54 Å². The van der Waals surface area contributed by atoms with Crippen LogP contribution in [0, 0.1) is 5.82 Å². The van der Waals surface area contributed by atoms with Crippen LogP contribution in [0.5, 0.6) is 0 Å². The van der Waals surface area contributed by atoms with Crippen molar-refractivity contribution in [2.24, 2.45) is 0 Å². The standard InChI is InChI=1S/C15H23FN2O2S/c16-14-6-8-15(9-7-14)21(19,20)17-10-5-13-18-11-3-1-2-4-12-18/h6-9,17H,1-5,10-13H2. The highest BCUT2D eigenvalue weighted by molar-refractivity contribution is 7.89. The largest absolute Gasteiger partial charge is 0.303 e. The molecule has 0 saturated carbocycles. The van der Waals surface area contributed by atoms with E-state index in [2.05, 4.69) is 9.62 Å². The number of hydrogen-bond donors (Lipinski definition) is 1. The van der Waals surface area contributed by atoms with E-state index in [9.17, 15) is 12.8 Å². The van der Waals surface area contributed by atoms with Crippen molar-refractivity contribution in [3.05, 3.63) is 30.1 Å². The number of hydrogen-bond acceptors (Lipinski definition) is 3. The first kappa shape index (κ1) is 16.4. The maximum atomic E-state index is 12.8. The van der Waals surface area contributed by atoms with Crippen LogP contribution in [0.25, 0.3) is 0 Å². The predicted molar refractivity (Wildman–Crippen MR) is 81.1 cm³/mol. The molecule has 1 fully saturated rings. The van der Waals surface area contributed by atoms with Gasteiger partial charge in [-0.2, -0.15) is 0 Å². The van der Waals surface area contributed by atoms with Crippen LogP contribution in [-0.2, 0) is 10.0 Å². The van der Waals surface area contributed by atoms with E-state index >= 15 is 0 Å². The van der Waals surface area contributed by atoms with Crippen molar-refractivity contribution in [2.75, 3.05) is 26.2 Å². The molecule has 1 aromatic rings. The molecule has 0 spiro atoms. The highest BCUT2D eigenvalue weighted by atomic mass is 32.2. The smallest absolute Gasteiger partial charge is 0.240 e. The van der Waals surface area contributed by atoms with Crippen LogP contribution in [0.3, 0.4) is 0 Å². The van der Waals surface area contributed by atoms with E-state index in [1.54, 1.807) is 0 Å². The minimum absolute atomic E-state index is 0.110. The number of rotatable bonds is 6. The van der Waals surface area contributed by atoms with Gasteiger partial charge in [0.2, 0.25) is 10.0 Å². The first-order valence-corrected chi connectivity index (χ1v) is 9.04. The Morgan fingerprint density at radius 2 is 1.67 bits per heavy atom. The summed E-state index contributed by atoms with van der Waals surface area (Å²) < 4.78 is 39.4. The van der Waals surface area contributed by atoms with Crippen LogP contribution in [0.4, 0.5) is 4.39 Å². The normalized spacial score (nSPS) is 17.6. The molecule has 1 heterocycles. The number of nitrogens with zero attached hydrogens (tertiary/aromatic N) is 1. The molecule has 1 aromatic carbocycles. The molecule has 0 radical (unpaired) electrons. The Labute approximate surface area is 126 Å². The summed E-state index contributed by atoms with van der Waals surface area (Å²) in [5.41, 5.74) is 0. The van der Waals surface area contributed by atoms with Crippen LogP contribution in [0.2, 0.25) is 0 Å². The van der Waals surface area contributed by atoms with Crippen molar-refractivity contribution < 1.29 is 12.8 Å². The van der Waals surface area contributed by atoms with Crippen LogP contribution >= 0.6 is 0 Å². The molecule has 1 aliphatic rings. The molecule has 0 aromatic heterocycles. The molecule has 6 heteroatoms. The Bertz CT molecular complexity index is 523. The summed E-state index contributed by atoms with van der Waals surface area (Å²) in [7, 11) is -3.52. The molecule has 21 heavy (non-hydrogen) atoms. The van der Waals surface area contributed by atoms with Gasteiger partial charge >= 0.3 is 0 Å². The number of likely N-dealkylation sites (tertiary alicyclic amines) is 1. The van der Waals surface area contributed by atoms with Gasteiger partial charge in [-0.05, 0) is 63.2 Å². The van der Waals surface area contributed by atoms with E-state index in [0.717, 1.165) is 38.2 Å². The van der Waals surface area contributed by atoms with E-state index in [4.69, 9.17) is 0 Å². The zero-order valence-corrected chi connectivity index (χ0v) is 13.0. The van der Waals surface area contributed by atoms with Crippen molar-refractivity contribution >= 4 is 10.0 Å². The quantitative estimate of drug-likeness (QED) is 0.820. The van der Waals surface area contributed by atoms with Gasteiger partial charge in [0.1, 0.15) is 5.82 Å². The molecule has 0 bridgehead atoms. The van der Waals surface area contributed by atoms with E-state index in [1.807, 2.05) is 0 Å². The summed E-state index contributed by atoms with van der Waals surface area (Å²) in [6, 6.07) is 4.89. The monoisotopic (exact) mass is 314 g/mol. The van der Waals surface area contributed by atoms with Crippen molar-refractivity contribution in [2.45, 2.75) is 37.0 Å². The van der Waals surface area contributed by atoms with Crippen molar-refractivity contribution in [3.63, 3.8) is 0 Å². The molecule has 0 aliphatic carbocycles. The van der Waals surface area contributed by atoms with Crippen molar-refractivity contribution in [3.8, 4) is 0 Å². The Hall–Kier alpha value is -0.980. The molecule has 1 saturated heterocycles. The topological polar surface area (TPSA) is 49.4 Å². The SMILES string of the molecule is O=S(=O)(NCCCN1CCCCCC1)c1ccc(F)cc1. The van der Waals surface area contributed by atoms with Crippen molar-refractivity contribution in [1.82, 2.24) is 9.62 Å². The van der Waals surface area contributed by atoms with Gasteiger partial charge in [0.25, 0.3) is 0 Å². The molecular weight excluding hydrogens is 291 g/mol. The fraction of sp³-hybridized carbons (Fsp3) is 0.600. The van der Waals surface area contributed by atoms with Gasteiger partial charge in [-0.25, -0.2) is 17.5 Å². The second-order valence-electron chi connectivity index (χ2n) is 5.46. The summed E-state index contributed by atoms with van der Waals surface area (Å²) in [4.78, 5) is 2.51. The van der Waals surface area contributed by atoms with Gasteiger partial charge < -0.3 is 4.90 Å². The third kappa shape index (κ3) is 5.37. The van der Waals surface area contributed by atoms with E-state index < -0.39 is 15.8 Å². The number of sulfonamides is 1. The molecule has 118 valence electrons. The average Bonchev–Trinajstić information content (AvgIpc) is 2.73. The molecular formula is C15H23FN2O2S. The molecule has 2 rings (SSSR count). The molecule has 0 atom stereocenters. The molecule has 0 unspecified atom stereocenters. The lowest BCUT2D eigenvalue weighted by molar-refractivity contribution is 0.282. The van der Waals surface area contributed by atoms with Crippen LogP contribution < -0.4 is 4.72 Å². The highest BCUT2D eigenvalue weighted by Crippen LogP contribution is 2.11. The van der Waals surface area contributed by atoms with Gasteiger partial charge in [0.15, 0.2) is 0 Å². The average molecular weight is 314 g/mol. The zero-order chi connectivity index (χ0) is 15.1. The summed E-state index contributed by atoms with van der Waals surface area (Å²) in [6.07, 6.45) is 5.87. The van der Waals surface area contributed by atoms with E-state index in [-0.39, 0.29) is 4.90 Å². The maximum absolute atomic E-state index is 12.8. The van der Waals surface area contributed by atoms with E-state index in [1.165, 1.54) is 37.8 Å². The van der Waals surface area contributed by atoms with Crippen LogP contribution in [0.1, 0.15) is 32.1 Å². The third-order valence-corrected chi connectivity index (χ3v) is 5.24. The summed E-state index contributed by atoms with van der Waals surface area (Å²) in [6.45, 7) is 3.57. The first-order valence-electron chi connectivity index (χ1n) is 7.55. The van der Waals surface area contributed by atoms with Gasteiger partial charge in [-0.3, -0.25) is 0 Å². The minimum atomic E-state index is -3.52. The van der Waals surface area contributed by atoms with Gasteiger partial charge in [-0.1, -0.05) is 12.8 Å². The first-order chi connectivity index (χ1) is 10.1. The molecule has 0 amide bonds. The summed E-state index contributed by atoms with van der Waals surface area (Å²) in [5, 5.41) is 0. The lowest BCUT2D eigenvalue weighted by Gasteiger charge is -2.19. The second-order valence-corrected chi connectivity index (χ2v) is 7.23. The number of benzene rings is 1. The van der Waals surface area contributed by atoms with Crippen molar-refractivity contribution in [1.29, 1.82) is 0 Å². The predicted octanol–water partition coefficient (Wildman–Crippen LogP) is 2.37. The zero-order valence-electron chi connectivity index (χ0n) is 12.2. The van der Waals surface area contributed by atoms with Gasteiger partial charge in [-0.15, -0.1) is 0 Å². The molecule has 1 N–H and O–H groups in total. The van der Waals surface area contributed by atoms with Crippen LogP contribution in [-0.4, -0.2) is 39.5 Å². The maximum Gasteiger partial charge on any atom is 0.240 e. The lowest BCUT2D eigenvalue weighted by Crippen LogP contribution is -2.30. The Balaban J connectivity index is 1.75. The Kier molecular flexibility index (Phi) is 6.14. The fourth-order valence-electron chi connectivity index (χ4n) is 2.57. The third-order valence-electron chi connectivity index (χ3n) is 3.77. The molecule has 4 nitrogen and oxygen atoms in total. The second kappa shape index (κ2) is 7.87. The Morgan fingerprint density at radius 3 is 2.29 bits per heavy atom. The van der Waals surface area contributed by atoms with Crippen LogP contribution in [0.15, 0.2) is 29.2 Å². The van der Waals surface area contributed by atoms with Gasteiger partial charge in [0, 0.05) is 6.54 Å². The Morgan fingerprint density at radius 1 is 1.05 bits per heavy atom. The van der Waals surface area contributed by atoms with Gasteiger partial charge in [0.05, 0.1) is 4.90 Å². The summed E-state index contributed by atoms with van der Waals surface area (Å²) >= 11 is 0. The minimum Gasteiger partial charge on any atom is -0.303 e. The highest BCUT2D eigenvalue weighted by Gasteiger charge is 2.14. The fourth-order valence-corrected chi connectivity index (χ4v) is 3.64. The molecule has 1 aliphatic heterocycles. The number of nitrogens with one attached hydrogen (secondary N) is 1. The summed E-state index contributed by atoms with van der Waals surface area (Å²) in [5.74, 6) is -0.435. The lowest BCUT2D eigenvalue weighted by atomic mass is 10.2. The number of halogens is 1.